The van der Waals surface area contributed by atoms with Crippen LogP contribution in [0.5, 0.6) is 0 Å². The van der Waals surface area contributed by atoms with Crippen LogP contribution in [-0.4, -0.2) is 9.55 Å². The van der Waals surface area contributed by atoms with Gasteiger partial charge in [-0.05, 0) is 43.5 Å². The molecule has 2 aromatic heterocycles. The van der Waals surface area contributed by atoms with Crippen LogP contribution in [0.2, 0.25) is 0 Å². The Morgan fingerprint density at radius 1 is 1.40 bits per heavy atom. The molecule has 1 saturated carbocycles. The molecule has 0 radical (unpaired) electrons. The lowest BCUT2D eigenvalue weighted by molar-refractivity contribution is 0.637. The van der Waals surface area contributed by atoms with Crippen LogP contribution < -0.4 is 5.73 Å². The molecule has 1 fully saturated rings. The van der Waals surface area contributed by atoms with Crippen molar-refractivity contribution in [2.45, 2.75) is 25.8 Å². The predicted octanol–water partition coefficient (Wildman–Crippen LogP) is 4.13. The number of fused-ring (bicyclic) bond motifs is 1. The molecule has 0 saturated heterocycles. The van der Waals surface area contributed by atoms with Gasteiger partial charge in [-0.2, -0.15) is 0 Å². The van der Waals surface area contributed by atoms with Gasteiger partial charge in [-0.1, -0.05) is 6.07 Å². The first-order valence-electron chi connectivity index (χ1n) is 6.68. The third-order valence-electron chi connectivity index (χ3n) is 3.72. The van der Waals surface area contributed by atoms with Gasteiger partial charge in [0.05, 0.1) is 15.4 Å². The Hall–Kier alpha value is -1.88. The van der Waals surface area contributed by atoms with Crippen molar-refractivity contribution in [1.82, 2.24) is 9.55 Å². The molecule has 0 unspecified atom stereocenters. The number of hydrogen-bond acceptors (Lipinski definition) is 3. The minimum Gasteiger partial charge on any atom is -0.391 e. The number of anilines is 1. The summed E-state index contributed by atoms with van der Waals surface area (Å²) in [4.78, 5) is 5.61. The first-order valence-corrected chi connectivity index (χ1v) is 7.49. The topological polar surface area (TPSA) is 43.8 Å². The van der Waals surface area contributed by atoms with Crippen LogP contribution in [0.25, 0.3) is 21.7 Å². The lowest BCUT2D eigenvalue weighted by atomic mass is 10.2. The molecule has 2 heterocycles. The van der Waals surface area contributed by atoms with Crippen LogP contribution in [-0.2, 0) is 0 Å². The number of nitrogens with zero attached hydrogens (tertiary/aromatic N) is 2. The zero-order chi connectivity index (χ0) is 13.9. The van der Waals surface area contributed by atoms with E-state index in [0.717, 1.165) is 39.6 Å². The van der Waals surface area contributed by atoms with Gasteiger partial charge in [-0.25, -0.2) is 9.37 Å². The van der Waals surface area contributed by atoms with E-state index in [4.69, 9.17) is 5.73 Å². The fourth-order valence-corrected chi connectivity index (χ4v) is 3.60. The van der Waals surface area contributed by atoms with Crippen molar-refractivity contribution in [3.05, 3.63) is 35.6 Å². The molecule has 5 heteroatoms. The minimum absolute atomic E-state index is 0.259. The molecule has 3 aromatic rings. The Bertz CT molecular complexity index is 814. The van der Waals surface area contributed by atoms with Crippen molar-refractivity contribution in [2.24, 2.45) is 0 Å². The highest BCUT2D eigenvalue weighted by Crippen LogP contribution is 2.44. The van der Waals surface area contributed by atoms with Crippen LogP contribution >= 0.6 is 11.3 Å². The first kappa shape index (κ1) is 11.9. The maximum atomic E-state index is 14.0. The summed E-state index contributed by atoms with van der Waals surface area (Å²) in [5.74, 6) is 0.595. The number of para-hydroxylation sites is 1. The molecule has 0 aliphatic heterocycles. The van der Waals surface area contributed by atoms with E-state index in [1.807, 2.05) is 19.1 Å². The second-order valence-corrected chi connectivity index (χ2v) is 6.39. The van der Waals surface area contributed by atoms with Gasteiger partial charge in [0.2, 0.25) is 0 Å². The normalized spacial score (nSPS) is 15.1. The number of rotatable bonds is 2. The second-order valence-electron chi connectivity index (χ2n) is 5.31. The highest BCUT2D eigenvalue weighted by Gasteiger charge is 2.30. The first-order chi connectivity index (χ1) is 9.65. The fourth-order valence-electron chi connectivity index (χ4n) is 2.67. The molecule has 0 amide bonds. The zero-order valence-electron chi connectivity index (χ0n) is 11.1. The second kappa shape index (κ2) is 4.06. The van der Waals surface area contributed by atoms with E-state index in [-0.39, 0.29) is 5.82 Å². The van der Waals surface area contributed by atoms with Crippen LogP contribution in [0.15, 0.2) is 24.3 Å². The van der Waals surface area contributed by atoms with E-state index < -0.39 is 0 Å². The van der Waals surface area contributed by atoms with Crippen molar-refractivity contribution in [1.29, 1.82) is 0 Å². The van der Waals surface area contributed by atoms with Crippen molar-refractivity contribution >= 4 is 27.4 Å². The van der Waals surface area contributed by atoms with Crippen molar-refractivity contribution in [3.63, 3.8) is 0 Å². The minimum atomic E-state index is -0.259. The molecule has 4 rings (SSSR count). The summed E-state index contributed by atoms with van der Waals surface area (Å²) in [6.45, 7) is 2.02. The molecule has 1 aromatic carbocycles. The van der Waals surface area contributed by atoms with Gasteiger partial charge < -0.3 is 10.3 Å². The molecule has 0 spiro atoms. The molecule has 1 aliphatic rings. The van der Waals surface area contributed by atoms with E-state index >= 15 is 0 Å². The lowest BCUT2D eigenvalue weighted by Crippen LogP contribution is -1.96. The monoisotopic (exact) mass is 287 g/mol. The van der Waals surface area contributed by atoms with Crippen LogP contribution in [0, 0.1) is 12.7 Å². The predicted molar refractivity (Wildman–Crippen MR) is 80.4 cm³/mol. The van der Waals surface area contributed by atoms with Gasteiger partial charge in [0, 0.05) is 6.04 Å². The average molecular weight is 287 g/mol. The number of imidazole rings is 1. The Balaban J connectivity index is 2.06. The maximum Gasteiger partial charge on any atom is 0.151 e. The van der Waals surface area contributed by atoms with Crippen molar-refractivity contribution in [2.75, 3.05) is 5.73 Å². The lowest BCUT2D eigenvalue weighted by Gasteiger charge is -2.06. The van der Waals surface area contributed by atoms with Crippen LogP contribution in [0.1, 0.15) is 24.4 Å². The largest absolute Gasteiger partial charge is 0.391 e. The van der Waals surface area contributed by atoms with Gasteiger partial charge in [-0.3, -0.25) is 0 Å². The molecule has 0 atom stereocenters. The molecule has 0 bridgehead atoms. The number of nitrogen functional groups attached to an aromatic ring is 1. The summed E-state index contributed by atoms with van der Waals surface area (Å²) >= 11 is 1.52. The van der Waals surface area contributed by atoms with Gasteiger partial charge in [0.15, 0.2) is 11.6 Å². The standard InChI is InChI=1S/C15H14FN3S/c1-8-7-12(17)20-14(8)15-18-13-10(16)3-2-4-11(13)19(15)9-5-6-9/h2-4,7,9H,5-6,17H2,1H3. The van der Waals surface area contributed by atoms with E-state index in [2.05, 4.69) is 9.55 Å². The van der Waals surface area contributed by atoms with Gasteiger partial charge >= 0.3 is 0 Å². The number of hydrogen-bond donors (Lipinski definition) is 1. The summed E-state index contributed by atoms with van der Waals surface area (Å²) in [6.07, 6.45) is 2.27. The summed E-state index contributed by atoms with van der Waals surface area (Å²) in [5.41, 5.74) is 8.33. The smallest absolute Gasteiger partial charge is 0.151 e. The molecular weight excluding hydrogens is 273 g/mol. The van der Waals surface area contributed by atoms with Crippen molar-refractivity contribution in [3.8, 4) is 10.7 Å². The number of benzene rings is 1. The number of aromatic nitrogens is 2. The third-order valence-corrected chi connectivity index (χ3v) is 4.79. The maximum absolute atomic E-state index is 14.0. The van der Waals surface area contributed by atoms with E-state index in [1.165, 1.54) is 17.4 Å². The summed E-state index contributed by atoms with van der Waals surface area (Å²) in [6, 6.07) is 7.55. The number of aryl methyl sites for hydroxylation is 1. The quantitative estimate of drug-likeness (QED) is 0.770. The molecule has 102 valence electrons. The van der Waals surface area contributed by atoms with Gasteiger partial charge in [0.25, 0.3) is 0 Å². The number of halogens is 1. The van der Waals surface area contributed by atoms with E-state index in [0.29, 0.717) is 11.6 Å². The highest BCUT2D eigenvalue weighted by molar-refractivity contribution is 7.19. The number of thiophene rings is 1. The van der Waals surface area contributed by atoms with E-state index in [9.17, 15) is 4.39 Å². The third kappa shape index (κ3) is 1.66. The summed E-state index contributed by atoms with van der Waals surface area (Å²) < 4.78 is 16.2. The molecule has 2 N–H and O–H groups in total. The average Bonchev–Trinajstić information content (AvgIpc) is 3.08. The van der Waals surface area contributed by atoms with Crippen LogP contribution in [0.3, 0.4) is 0 Å². The molecule has 1 aliphatic carbocycles. The SMILES string of the molecule is Cc1cc(N)sc1-c1nc2c(F)cccc2n1C1CC1. The Morgan fingerprint density at radius 3 is 2.85 bits per heavy atom. The fraction of sp³-hybridized carbons (Fsp3) is 0.267. The van der Waals surface area contributed by atoms with Gasteiger partial charge in [0.1, 0.15) is 5.52 Å². The molecule has 3 nitrogen and oxygen atoms in total. The van der Waals surface area contributed by atoms with Crippen LogP contribution in [0.4, 0.5) is 9.39 Å². The van der Waals surface area contributed by atoms with E-state index in [1.54, 1.807) is 6.07 Å². The summed E-state index contributed by atoms with van der Waals surface area (Å²) in [5, 5.41) is 0.771. The molecule has 20 heavy (non-hydrogen) atoms. The van der Waals surface area contributed by atoms with Gasteiger partial charge in [-0.15, -0.1) is 11.3 Å². The summed E-state index contributed by atoms with van der Waals surface area (Å²) in [7, 11) is 0. The highest BCUT2D eigenvalue weighted by atomic mass is 32.1. The Kier molecular flexibility index (Phi) is 2.41. The van der Waals surface area contributed by atoms with Crippen molar-refractivity contribution < 1.29 is 4.39 Å². The Labute approximate surface area is 119 Å². The Morgan fingerprint density at radius 2 is 2.20 bits per heavy atom. The zero-order valence-corrected chi connectivity index (χ0v) is 11.9. The number of nitrogens with two attached hydrogens (primary N) is 1. The molecular formula is C15H14FN3S.